The first-order chi connectivity index (χ1) is 16.8. The van der Waals surface area contributed by atoms with Crippen LogP contribution in [0.2, 0.25) is 10.0 Å². The third-order valence-electron chi connectivity index (χ3n) is 6.20. The molecule has 0 spiro atoms. The van der Waals surface area contributed by atoms with E-state index >= 15 is 0 Å². The van der Waals surface area contributed by atoms with Crippen molar-refractivity contribution >= 4 is 39.1 Å². The molecule has 1 amide bonds. The number of hydrogen-bond donors (Lipinski definition) is 2. The average Bonchev–Trinajstić information content (AvgIpc) is 2.81. The molecule has 2 N–H and O–H groups in total. The van der Waals surface area contributed by atoms with Crippen molar-refractivity contribution in [1.82, 2.24) is 9.62 Å². The van der Waals surface area contributed by atoms with Gasteiger partial charge in [0.2, 0.25) is 15.9 Å². The molecule has 0 aromatic heterocycles. The molecule has 0 saturated carbocycles. The number of aliphatic hydroxyl groups is 1. The smallest absolute Gasteiger partial charge is 0.244 e. The van der Waals surface area contributed by atoms with Crippen molar-refractivity contribution < 1.29 is 27.8 Å². The van der Waals surface area contributed by atoms with E-state index in [0.717, 1.165) is 5.56 Å². The molecular weight excluding hydrogens is 515 g/mol. The number of halogens is 2. The Hall–Kier alpha value is -1.72. The van der Waals surface area contributed by atoms with Gasteiger partial charge >= 0.3 is 0 Å². The van der Waals surface area contributed by atoms with E-state index in [0.29, 0.717) is 24.4 Å². The first-order valence-corrected chi connectivity index (χ1v) is 13.6. The SMILES string of the molecule is O=C(C[C@H]1CC[C@H]2[C@@H](COC[C@@H](O)CN2S(=O)(=O)c2ccccc2Cl)O1)NCc1ccccc1Cl. The summed E-state index contributed by atoms with van der Waals surface area (Å²) in [6, 6.07) is 13.0. The molecule has 0 unspecified atom stereocenters. The highest BCUT2D eigenvalue weighted by molar-refractivity contribution is 7.89. The van der Waals surface area contributed by atoms with E-state index in [-0.39, 0.29) is 48.1 Å². The summed E-state index contributed by atoms with van der Waals surface area (Å²) in [5, 5.41) is 13.9. The summed E-state index contributed by atoms with van der Waals surface area (Å²) in [6.07, 6.45) is -0.900. The summed E-state index contributed by atoms with van der Waals surface area (Å²) in [5.41, 5.74) is 0.819. The summed E-state index contributed by atoms with van der Waals surface area (Å²) in [5.74, 6) is -0.184. The highest BCUT2D eigenvalue weighted by Crippen LogP contribution is 2.33. The maximum Gasteiger partial charge on any atom is 0.244 e. The van der Waals surface area contributed by atoms with Crippen molar-refractivity contribution in [2.24, 2.45) is 0 Å². The second kappa shape index (κ2) is 11.6. The Balaban J connectivity index is 1.44. The number of aliphatic hydroxyl groups excluding tert-OH is 1. The van der Waals surface area contributed by atoms with E-state index < -0.39 is 28.3 Å². The number of nitrogens with one attached hydrogen (secondary N) is 1. The molecule has 4 rings (SSSR count). The fraction of sp³-hybridized carbons (Fsp3) is 0.458. The lowest BCUT2D eigenvalue weighted by molar-refractivity contribution is -0.146. The summed E-state index contributed by atoms with van der Waals surface area (Å²) >= 11 is 12.3. The predicted octanol–water partition coefficient (Wildman–Crippen LogP) is 3.00. The van der Waals surface area contributed by atoms with Crippen LogP contribution in [-0.4, -0.2) is 67.8 Å². The Labute approximate surface area is 215 Å². The molecule has 2 heterocycles. The first kappa shape index (κ1) is 26.3. The monoisotopic (exact) mass is 542 g/mol. The fourth-order valence-corrected chi connectivity index (χ4v) is 6.88. The molecule has 0 bridgehead atoms. The van der Waals surface area contributed by atoms with Gasteiger partial charge in [0.25, 0.3) is 0 Å². The lowest BCUT2D eigenvalue weighted by atomic mass is 9.96. The molecule has 4 atom stereocenters. The van der Waals surface area contributed by atoms with E-state index in [1.165, 1.54) is 16.4 Å². The van der Waals surface area contributed by atoms with Gasteiger partial charge in [-0.3, -0.25) is 4.79 Å². The van der Waals surface area contributed by atoms with Gasteiger partial charge in [-0.25, -0.2) is 8.42 Å². The Kier molecular flexibility index (Phi) is 8.70. The molecular formula is C24H28Cl2N2O6S. The van der Waals surface area contributed by atoms with Crippen LogP contribution in [0.25, 0.3) is 0 Å². The van der Waals surface area contributed by atoms with Crippen LogP contribution in [0.5, 0.6) is 0 Å². The van der Waals surface area contributed by atoms with E-state index in [2.05, 4.69) is 5.32 Å². The molecule has 35 heavy (non-hydrogen) atoms. The number of rotatable bonds is 6. The van der Waals surface area contributed by atoms with Crippen LogP contribution < -0.4 is 5.32 Å². The lowest BCUT2D eigenvalue weighted by Crippen LogP contribution is -2.57. The van der Waals surface area contributed by atoms with Gasteiger partial charge in [0.1, 0.15) is 4.90 Å². The Bertz CT molecular complexity index is 1150. The average molecular weight is 543 g/mol. The molecule has 2 aromatic rings. The molecule has 2 aliphatic rings. The van der Waals surface area contributed by atoms with E-state index in [9.17, 15) is 18.3 Å². The zero-order valence-electron chi connectivity index (χ0n) is 19.0. The third-order valence-corrected chi connectivity index (χ3v) is 8.96. The number of carbonyl (C=O) groups excluding carboxylic acids is 1. The largest absolute Gasteiger partial charge is 0.389 e. The van der Waals surface area contributed by atoms with Gasteiger partial charge in [-0.1, -0.05) is 53.5 Å². The second-order valence-corrected chi connectivity index (χ2v) is 11.4. The number of fused-ring (bicyclic) bond motifs is 1. The Morgan fingerprint density at radius 1 is 1.06 bits per heavy atom. The van der Waals surface area contributed by atoms with Crippen molar-refractivity contribution in [2.75, 3.05) is 19.8 Å². The fourth-order valence-electron chi connectivity index (χ4n) is 4.47. The van der Waals surface area contributed by atoms with Gasteiger partial charge in [0.05, 0.1) is 49.0 Å². The zero-order chi connectivity index (χ0) is 25.0. The molecule has 0 aliphatic carbocycles. The van der Waals surface area contributed by atoms with Crippen LogP contribution in [0.4, 0.5) is 0 Å². The van der Waals surface area contributed by atoms with Gasteiger partial charge in [-0.05, 0) is 36.6 Å². The summed E-state index contributed by atoms with van der Waals surface area (Å²) in [7, 11) is -4.01. The number of amides is 1. The number of carbonyl (C=O) groups is 1. The van der Waals surface area contributed by atoms with Crippen LogP contribution in [0.3, 0.4) is 0 Å². The number of nitrogens with zero attached hydrogens (tertiary/aromatic N) is 1. The topological polar surface area (TPSA) is 105 Å². The number of hydrogen-bond acceptors (Lipinski definition) is 6. The predicted molar refractivity (Wildman–Crippen MR) is 132 cm³/mol. The van der Waals surface area contributed by atoms with Crippen LogP contribution in [-0.2, 0) is 30.8 Å². The van der Waals surface area contributed by atoms with Crippen molar-refractivity contribution in [2.45, 2.75) is 55.1 Å². The maximum absolute atomic E-state index is 13.5. The quantitative estimate of drug-likeness (QED) is 0.581. The van der Waals surface area contributed by atoms with Gasteiger partial charge in [0.15, 0.2) is 0 Å². The minimum atomic E-state index is -4.01. The molecule has 2 aromatic carbocycles. The second-order valence-electron chi connectivity index (χ2n) is 8.71. The zero-order valence-corrected chi connectivity index (χ0v) is 21.3. The molecule has 8 nitrogen and oxygen atoms in total. The minimum absolute atomic E-state index is 0.0183. The third kappa shape index (κ3) is 6.35. The van der Waals surface area contributed by atoms with Crippen molar-refractivity contribution in [3.63, 3.8) is 0 Å². The van der Waals surface area contributed by atoms with Crippen molar-refractivity contribution in [3.05, 3.63) is 64.1 Å². The molecule has 2 saturated heterocycles. The highest BCUT2D eigenvalue weighted by Gasteiger charge is 2.43. The van der Waals surface area contributed by atoms with Gasteiger partial charge in [-0.15, -0.1) is 0 Å². The minimum Gasteiger partial charge on any atom is -0.389 e. The molecule has 2 aliphatic heterocycles. The molecule has 11 heteroatoms. The summed E-state index contributed by atoms with van der Waals surface area (Å²) in [6.45, 7) is 0.251. The van der Waals surface area contributed by atoms with Gasteiger partial charge < -0.3 is 19.9 Å². The summed E-state index contributed by atoms with van der Waals surface area (Å²) in [4.78, 5) is 12.5. The number of β-amino-alcohol motifs (C(OH)–C–C–N with tert-alkyl or cyclic N) is 1. The Morgan fingerprint density at radius 2 is 1.77 bits per heavy atom. The van der Waals surface area contributed by atoms with Crippen molar-refractivity contribution in [1.29, 1.82) is 0 Å². The van der Waals surface area contributed by atoms with Crippen LogP contribution >= 0.6 is 23.2 Å². The number of sulfonamides is 1. The molecule has 190 valence electrons. The normalized spacial score (nSPS) is 25.8. The van der Waals surface area contributed by atoms with Gasteiger partial charge in [-0.2, -0.15) is 4.31 Å². The lowest BCUT2D eigenvalue weighted by Gasteiger charge is -2.43. The van der Waals surface area contributed by atoms with Crippen molar-refractivity contribution in [3.8, 4) is 0 Å². The summed E-state index contributed by atoms with van der Waals surface area (Å²) < 4.78 is 40.1. The van der Waals surface area contributed by atoms with E-state index in [1.807, 2.05) is 18.2 Å². The number of ether oxygens (including phenoxy) is 2. The van der Waals surface area contributed by atoms with E-state index in [1.54, 1.807) is 18.2 Å². The number of benzene rings is 2. The highest BCUT2D eigenvalue weighted by atomic mass is 35.5. The maximum atomic E-state index is 13.5. The Morgan fingerprint density at radius 3 is 2.51 bits per heavy atom. The van der Waals surface area contributed by atoms with E-state index in [4.69, 9.17) is 32.7 Å². The van der Waals surface area contributed by atoms with Crippen LogP contribution in [0, 0.1) is 0 Å². The van der Waals surface area contributed by atoms with Gasteiger partial charge in [0, 0.05) is 18.1 Å². The van der Waals surface area contributed by atoms with Crippen LogP contribution in [0.1, 0.15) is 24.8 Å². The molecule has 2 fully saturated rings. The van der Waals surface area contributed by atoms with Crippen LogP contribution in [0.15, 0.2) is 53.4 Å². The standard InChI is InChI=1S/C24H28Cl2N2O6S/c25-19-6-2-1-5-16(19)12-27-24(30)11-18-9-10-21-22(34-18)15-33-14-17(29)13-28(21)35(31,32)23-8-4-3-7-20(23)26/h1-8,17-18,21-22,29H,9-15H2,(H,27,30)/t17-,18+,21-,22+/m0/s1. The first-order valence-electron chi connectivity index (χ1n) is 11.4. The molecule has 0 radical (unpaired) electrons.